The van der Waals surface area contributed by atoms with Crippen LogP contribution in [-0.4, -0.2) is 34.7 Å². The molecule has 4 aromatic rings. The van der Waals surface area contributed by atoms with E-state index in [0.29, 0.717) is 23.9 Å². The Balaban J connectivity index is 1.59. The summed E-state index contributed by atoms with van der Waals surface area (Å²) >= 11 is 6.07. The number of rotatable bonds is 7. The van der Waals surface area contributed by atoms with Gasteiger partial charge < -0.3 is 14.4 Å². The van der Waals surface area contributed by atoms with Gasteiger partial charge in [-0.3, -0.25) is 9.89 Å². The largest absolute Gasteiger partial charge is 0.497 e. The minimum atomic E-state index is -0.301. The summed E-state index contributed by atoms with van der Waals surface area (Å²) in [5.74, 6) is 1.47. The Kier molecular flexibility index (Phi) is 5.99. The van der Waals surface area contributed by atoms with Crippen molar-refractivity contribution >= 4 is 17.5 Å². The third-order valence-corrected chi connectivity index (χ3v) is 6.25. The lowest BCUT2D eigenvalue weighted by Crippen LogP contribution is -2.29. The Labute approximate surface area is 203 Å². The van der Waals surface area contributed by atoms with Crippen molar-refractivity contribution in [3.8, 4) is 22.8 Å². The molecule has 1 atom stereocenters. The van der Waals surface area contributed by atoms with Crippen molar-refractivity contribution in [2.45, 2.75) is 19.5 Å². The monoisotopic (exact) mass is 473 g/mol. The number of carbonyl (C=O) groups excluding carboxylic acids is 1. The van der Waals surface area contributed by atoms with E-state index in [4.69, 9.17) is 21.1 Å². The maximum absolute atomic E-state index is 13.6. The predicted octanol–water partition coefficient (Wildman–Crippen LogP) is 5.88. The second-order valence-corrected chi connectivity index (χ2v) is 8.49. The van der Waals surface area contributed by atoms with Gasteiger partial charge in [0.1, 0.15) is 17.2 Å². The van der Waals surface area contributed by atoms with Gasteiger partial charge in [-0.25, -0.2) is 0 Å². The van der Waals surface area contributed by atoms with Crippen LogP contribution in [0.1, 0.15) is 40.1 Å². The molecule has 0 fully saturated rings. The number of methoxy groups -OCH3 is 1. The summed E-state index contributed by atoms with van der Waals surface area (Å²) in [6.45, 7) is 2.99. The van der Waals surface area contributed by atoms with Gasteiger partial charge >= 0.3 is 0 Å². The number of nitrogens with one attached hydrogen (secondary N) is 1. The fraction of sp³-hybridized carbons (Fsp3) is 0.185. The Morgan fingerprint density at radius 3 is 2.29 bits per heavy atom. The van der Waals surface area contributed by atoms with Crippen molar-refractivity contribution in [2.24, 2.45) is 0 Å². The molecule has 34 heavy (non-hydrogen) atoms. The number of aromatic amines is 1. The average Bonchev–Trinajstić information content (AvgIpc) is 3.40. The molecule has 1 aliphatic rings. The summed E-state index contributed by atoms with van der Waals surface area (Å²) in [6.07, 6.45) is 0. The molecular formula is C27H24ClN3O3. The number of H-pyrrole nitrogens is 1. The number of aromatic nitrogens is 2. The van der Waals surface area contributed by atoms with Crippen LogP contribution in [0.5, 0.6) is 11.5 Å². The van der Waals surface area contributed by atoms with Crippen LogP contribution < -0.4 is 9.47 Å². The van der Waals surface area contributed by atoms with Crippen LogP contribution in [0.4, 0.5) is 0 Å². The first-order valence-electron chi connectivity index (χ1n) is 11.1. The van der Waals surface area contributed by atoms with Crippen LogP contribution in [0.25, 0.3) is 11.3 Å². The zero-order valence-electron chi connectivity index (χ0n) is 18.9. The molecule has 1 aromatic heterocycles. The van der Waals surface area contributed by atoms with Gasteiger partial charge in [0.15, 0.2) is 0 Å². The Morgan fingerprint density at radius 2 is 1.65 bits per heavy atom. The number of ether oxygens (including phenoxy) is 2. The summed E-state index contributed by atoms with van der Waals surface area (Å²) in [7, 11) is 1.64. The lowest BCUT2D eigenvalue weighted by molar-refractivity contribution is 0.0730. The molecule has 0 saturated carbocycles. The molecule has 1 N–H and O–H groups in total. The van der Waals surface area contributed by atoms with E-state index in [1.54, 1.807) is 7.11 Å². The zero-order chi connectivity index (χ0) is 23.7. The quantitative estimate of drug-likeness (QED) is 0.364. The number of benzene rings is 3. The Hall–Kier alpha value is -3.77. The smallest absolute Gasteiger partial charge is 0.273 e. The van der Waals surface area contributed by atoms with Gasteiger partial charge in [-0.05, 0) is 66.6 Å². The predicted molar refractivity (Wildman–Crippen MR) is 131 cm³/mol. The molecule has 0 bridgehead atoms. The normalized spacial score (nSPS) is 14.9. The van der Waals surface area contributed by atoms with Crippen molar-refractivity contribution in [3.05, 3.63) is 100 Å². The first kappa shape index (κ1) is 22.0. The molecule has 0 radical (unpaired) electrons. The fourth-order valence-corrected chi connectivity index (χ4v) is 4.50. The first-order valence-corrected chi connectivity index (χ1v) is 11.5. The van der Waals surface area contributed by atoms with E-state index in [-0.39, 0.29) is 11.9 Å². The highest BCUT2D eigenvalue weighted by Gasteiger charge is 2.42. The van der Waals surface area contributed by atoms with Crippen LogP contribution in [0.15, 0.2) is 72.8 Å². The van der Waals surface area contributed by atoms with Gasteiger partial charge in [-0.2, -0.15) is 5.10 Å². The molecular weight excluding hydrogens is 450 g/mol. The fourth-order valence-electron chi connectivity index (χ4n) is 4.37. The van der Waals surface area contributed by atoms with E-state index in [1.807, 2.05) is 84.6 Å². The highest BCUT2D eigenvalue weighted by molar-refractivity contribution is 6.30. The molecule has 172 valence electrons. The lowest BCUT2D eigenvalue weighted by atomic mass is 9.95. The van der Waals surface area contributed by atoms with Crippen LogP contribution in [0.2, 0.25) is 5.02 Å². The number of halogens is 1. The highest BCUT2D eigenvalue weighted by Crippen LogP contribution is 2.44. The number of nitrogens with zero attached hydrogens (tertiary/aromatic N) is 2. The highest BCUT2D eigenvalue weighted by atomic mass is 35.5. The van der Waals surface area contributed by atoms with E-state index < -0.39 is 0 Å². The van der Waals surface area contributed by atoms with Crippen molar-refractivity contribution in [2.75, 3.05) is 13.7 Å². The minimum Gasteiger partial charge on any atom is -0.497 e. The second kappa shape index (κ2) is 9.23. The minimum absolute atomic E-state index is 0.0869. The third-order valence-electron chi connectivity index (χ3n) is 6.00. The van der Waals surface area contributed by atoms with Gasteiger partial charge in [0.05, 0.1) is 25.5 Å². The number of fused-ring (bicyclic) bond motifs is 1. The van der Waals surface area contributed by atoms with Gasteiger partial charge in [-0.1, -0.05) is 35.9 Å². The molecule has 7 heteroatoms. The Morgan fingerprint density at radius 1 is 0.971 bits per heavy atom. The van der Waals surface area contributed by atoms with Crippen molar-refractivity contribution < 1.29 is 14.3 Å². The van der Waals surface area contributed by atoms with E-state index in [2.05, 4.69) is 10.2 Å². The molecule has 2 heterocycles. The van der Waals surface area contributed by atoms with E-state index in [1.165, 1.54) is 0 Å². The number of amides is 1. The molecule has 5 rings (SSSR count). The van der Waals surface area contributed by atoms with Gasteiger partial charge in [0.2, 0.25) is 0 Å². The molecule has 6 nitrogen and oxygen atoms in total. The molecule has 1 amide bonds. The number of hydrogen-bond donors (Lipinski definition) is 1. The Bertz CT molecular complexity index is 1300. The summed E-state index contributed by atoms with van der Waals surface area (Å²) in [5, 5.41) is 8.20. The van der Waals surface area contributed by atoms with Crippen molar-refractivity contribution in [1.82, 2.24) is 15.1 Å². The van der Waals surface area contributed by atoms with Crippen LogP contribution >= 0.6 is 11.6 Å². The zero-order valence-corrected chi connectivity index (χ0v) is 19.7. The van der Waals surface area contributed by atoms with Gasteiger partial charge in [-0.15, -0.1) is 0 Å². The molecule has 0 aliphatic carbocycles. The third kappa shape index (κ3) is 4.01. The summed E-state index contributed by atoms with van der Waals surface area (Å²) in [5.41, 5.74) is 5.03. The molecule has 0 saturated heterocycles. The van der Waals surface area contributed by atoms with E-state index in [9.17, 15) is 4.79 Å². The summed E-state index contributed by atoms with van der Waals surface area (Å²) in [4.78, 5) is 15.4. The molecule has 3 aromatic carbocycles. The molecule has 1 aliphatic heterocycles. The summed E-state index contributed by atoms with van der Waals surface area (Å²) in [6, 6.07) is 22.9. The van der Waals surface area contributed by atoms with Gasteiger partial charge in [0.25, 0.3) is 5.91 Å². The van der Waals surface area contributed by atoms with Gasteiger partial charge in [0, 0.05) is 22.7 Å². The van der Waals surface area contributed by atoms with E-state index >= 15 is 0 Å². The second-order valence-electron chi connectivity index (χ2n) is 8.05. The van der Waals surface area contributed by atoms with Crippen LogP contribution in [0, 0.1) is 0 Å². The van der Waals surface area contributed by atoms with Crippen molar-refractivity contribution in [1.29, 1.82) is 0 Å². The van der Waals surface area contributed by atoms with E-state index in [0.717, 1.165) is 39.4 Å². The lowest BCUT2D eigenvalue weighted by Gasteiger charge is -2.26. The maximum Gasteiger partial charge on any atom is 0.273 e. The standard InChI is InChI=1S/C27H24ClN3O3/c1-3-34-22-14-8-19(9-15-22)26-23-24(18-6-12-21(33-2)13-7-18)29-30-25(23)27(32)31(26)16-17-4-10-20(28)11-5-17/h4-15,26H,3,16H2,1-2H3,(H,29,30). The number of hydrogen-bond acceptors (Lipinski definition) is 4. The number of carbonyl (C=O) groups is 1. The molecule has 0 spiro atoms. The average molecular weight is 474 g/mol. The molecule has 1 unspecified atom stereocenters. The SMILES string of the molecule is CCOc1ccc(C2c3c(-c4ccc(OC)cc4)n[nH]c3C(=O)N2Cc2ccc(Cl)cc2)cc1. The van der Waals surface area contributed by atoms with Crippen molar-refractivity contribution in [3.63, 3.8) is 0 Å². The topological polar surface area (TPSA) is 67.5 Å². The van der Waals surface area contributed by atoms with Crippen LogP contribution in [0.3, 0.4) is 0 Å². The summed E-state index contributed by atoms with van der Waals surface area (Å²) < 4.78 is 10.9. The maximum atomic E-state index is 13.6. The first-order chi connectivity index (χ1) is 16.6. The van der Waals surface area contributed by atoms with Crippen LogP contribution in [-0.2, 0) is 6.54 Å².